The van der Waals surface area contributed by atoms with E-state index in [9.17, 15) is 0 Å². The van der Waals surface area contributed by atoms with Gasteiger partial charge in [-0.3, -0.25) is 0 Å². The summed E-state index contributed by atoms with van der Waals surface area (Å²) in [6, 6.07) is 8.71. The predicted octanol–water partition coefficient (Wildman–Crippen LogP) is 3.58. The Balaban J connectivity index is 2.56. The topological polar surface area (TPSA) is 29.3 Å². The highest BCUT2D eigenvalue weighted by molar-refractivity contribution is 5.47. The summed E-state index contributed by atoms with van der Waals surface area (Å²) in [5, 5.41) is 0. The number of hydrogen-bond acceptors (Lipinski definition) is 2. The summed E-state index contributed by atoms with van der Waals surface area (Å²) in [5.41, 5.74) is 8.71. The molecule has 2 N–H and O–H groups in total. The van der Waals surface area contributed by atoms with Crippen LogP contribution in [0.1, 0.15) is 44.7 Å². The standard InChI is InChI=1S/C15H26N2/c1-12(2)7-5-10-15(16)13-8-6-9-14(11-13)17(3)4/h6,8-9,11-12,15H,5,7,10,16H2,1-4H3. The van der Waals surface area contributed by atoms with Gasteiger partial charge in [0, 0.05) is 25.8 Å². The lowest BCUT2D eigenvalue weighted by atomic mass is 9.98. The second kappa shape index (κ2) is 6.65. The van der Waals surface area contributed by atoms with Crippen LogP contribution < -0.4 is 10.6 Å². The molecule has 0 aromatic heterocycles. The number of hydrogen-bond donors (Lipinski definition) is 1. The van der Waals surface area contributed by atoms with Crippen molar-refractivity contribution in [1.82, 2.24) is 0 Å². The average molecular weight is 234 g/mol. The number of anilines is 1. The molecule has 0 heterocycles. The molecule has 17 heavy (non-hydrogen) atoms. The summed E-state index contributed by atoms with van der Waals surface area (Å²) < 4.78 is 0. The smallest absolute Gasteiger partial charge is 0.0364 e. The molecular weight excluding hydrogens is 208 g/mol. The predicted molar refractivity (Wildman–Crippen MR) is 76.4 cm³/mol. The Bertz CT molecular complexity index is 331. The molecule has 1 atom stereocenters. The molecule has 96 valence electrons. The molecule has 1 aromatic rings. The van der Waals surface area contributed by atoms with E-state index in [1.54, 1.807) is 0 Å². The maximum Gasteiger partial charge on any atom is 0.0364 e. The van der Waals surface area contributed by atoms with Gasteiger partial charge in [0.2, 0.25) is 0 Å². The van der Waals surface area contributed by atoms with Crippen molar-refractivity contribution in [3.05, 3.63) is 29.8 Å². The van der Waals surface area contributed by atoms with Gasteiger partial charge < -0.3 is 10.6 Å². The zero-order valence-electron chi connectivity index (χ0n) is 11.6. The SMILES string of the molecule is CC(C)CCCC(N)c1cccc(N(C)C)c1. The summed E-state index contributed by atoms with van der Waals surface area (Å²) in [4.78, 5) is 2.12. The van der Waals surface area contributed by atoms with Crippen LogP contribution in [0.25, 0.3) is 0 Å². The first kappa shape index (κ1) is 14.0. The average Bonchev–Trinajstić information content (AvgIpc) is 2.28. The van der Waals surface area contributed by atoms with E-state index in [2.05, 4.69) is 57.1 Å². The van der Waals surface area contributed by atoms with Crippen LogP contribution in [0, 0.1) is 5.92 Å². The third kappa shape index (κ3) is 4.78. The number of benzene rings is 1. The van der Waals surface area contributed by atoms with E-state index in [0.717, 1.165) is 12.3 Å². The lowest BCUT2D eigenvalue weighted by molar-refractivity contribution is 0.505. The third-order valence-corrected chi connectivity index (χ3v) is 3.11. The zero-order valence-corrected chi connectivity index (χ0v) is 11.6. The minimum absolute atomic E-state index is 0.175. The van der Waals surface area contributed by atoms with Gasteiger partial charge >= 0.3 is 0 Å². The number of rotatable bonds is 6. The summed E-state index contributed by atoms with van der Waals surface area (Å²) in [6.07, 6.45) is 3.56. The summed E-state index contributed by atoms with van der Waals surface area (Å²) in [7, 11) is 4.12. The third-order valence-electron chi connectivity index (χ3n) is 3.11. The zero-order chi connectivity index (χ0) is 12.8. The first-order valence-corrected chi connectivity index (χ1v) is 6.53. The van der Waals surface area contributed by atoms with Gasteiger partial charge in [0.15, 0.2) is 0 Å². The summed E-state index contributed by atoms with van der Waals surface area (Å²) >= 11 is 0. The monoisotopic (exact) mass is 234 g/mol. The second-order valence-corrected chi connectivity index (χ2v) is 5.42. The van der Waals surface area contributed by atoms with Gasteiger partial charge in [-0.2, -0.15) is 0 Å². The first-order valence-electron chi connectivity index (χ1n) is 6.53. The lowest BCUT2D eigenvalue weighted by Crippen LogP contribution is -2.13. The molecule has 2 heteroatoms. The largest absolute Gasteiger partial charge is 0.378 e. The quantitative estimate of drug-likeness (QED) is 0.815. The minimum Gasteiger partial charge on any atom is -0.378 e. The molecule has 0 radical (unpaired) electrons. The van der Waals surface area contributed by atoms with Crippen LogP contribution in [-0.4, -0.2) is 14.1 Å². The van der Waals surface area contributed by atoms with Gasteiger partial charge in [-0.05, 0) is 30.0 Å². The van der Waals surface area contributed by atoms with E-state index < -0.39 is 0 Å². The van der Waals surface area contributed by atoms with Crippen molar-refractivity contribution in [2.45, 2.75) is 39.2 Å². The summed E-state index contributed by atoms with van der Waals surface area (Å²) in [5.74, 6) is 0.773. The molecule has 1 rings (SSSR count). The molecule has 1 aromatic carbocycles. The van der Waals surface area contributed by atoms with E-state index in [4.69, 9.17) is 5.73 Å². The van der Waals surface area contributed by atoms with E-state index in [-0.39, 0.29) is 6.04 Å². The van der Waals surface area contributed by atoms with Gasteiger partial charge in [0.05, 0.1) is 0 Å². The van der Waals surface area contributed by atoms with Crippen LogP contribution in [0.3, 0.4) is 0 Å². The molecule has 0 saturated carbocycles. The van der Waals surface area contributed by atoms with Crippen LogP contribution >= 0.6 is 0 Å². The molecule has 2 nitrogen and oxygen atoms in total. The Morgan fingerprint density at radius 1 is 1.18 bits per heavy atom. The van der Waals surface area contributed by atoms with Crippen LogP contribution in [0.15, 0.2) is 24.3 Å². The Kier molecular flexibility index (Phi) is 5.49. The highest BCUT2D eigenvalue weighted by atomic mass is 15.1. The molecule has 0 amide bonds. The fraction of sp³-hybridized carbons (Fsp3) is 0.600. The van der Waals surface area contributed by atoms with Crippen molar-refractivity contribution in [3.8, 4) is 0 Å². The fourth-order valence-electron chi connectivity index (χ4n) is 1.95. The first-order chi connectivity index (χ1) is 8.00. The van der Waals surface area contributed by atoms with Crippen LogP contribution in [0.4, 0.5) is 5.69 Å². The Labute approximate surface area is 106 Å². The van der Waals surface area contributed by atoms with E-state index in [1.165, 1.54) is 24.1 Å². The van der Waals surface area contributed by atoms with Crippen LogP contribution in [0.2, 0.25) is 0 Å². The molecular formula is C15H26N2. The molecule has 1 unspecified atom stereocenters. The summed E-state index contributed by atoms with van der Waals surface area (Å²) in [6.45, 7) is 4.52. The van der Waals surface area contributed by atoms with E-state index in [1.807, 2.05) is 0 Å². The molecule has 0 spiro atoms. The second-order valence-electron chi connectivity index (χ2n) is 5.42. The normalized spacial score (nSPS) is 12.8. The molecule has 0 saturated heterocycles. The molecule has 0 bridgehead atoms. The highest BCUT2D eigenvalue weighted by Crippen LogP contribution is 2.22. The van der Waals surface area contributed by atoms with Gasteiger partial charge in [0.25, 0.3) is 0 Å². The Morgan fingerprint density at radius 3 is 2.47 bits per heavy atom. The maximum atomic E-state index is 6.23. The Hall–Kier alpha value is -1.02. The van der Waals surface area contributed by atoms with Crippen molar-refractivity contribution in [2.75, 3.05) is 19.0 Å². The molecule has 0 aliphatic rings. The molecule has 0 fully saturated rings. The molecule has 0 aliphatic carbocycles. The highest BCUT2D eigenvalue weighted by Gasteiger charge is 2.07. The van der Waals surface area contributed by atoms with Crippen molar-refractivity contribution < 1.29 is 0 Å². The number of nitrogens with zero attached hydrogens (tertiary/aromatic N) is 1. The van der Waals surface area contributed by atoms with Gasteiger partial charge in [-0.25, -0.2) is 0 Å². The maximum absolute atomic E-state index is 6.23. The minimum atomic E-state index is 0.175. The molecule has 0 aliphatic heterocycles. The van der Waals surface area contributed by atoms with Gasteiger partial charge in [0.1, 0.15) is 0 Å². The van der Waals surface area contributed by atoms with E-state index in [0.29, 0.717) is 0 Å². The number of nitrogens with two attached hydrogens (primary N) is 1. The van der Waals surface area contributed by atoms with Crippen molar-refractivity contribution >= 4 is 5.69 Å². The van der Waals surface area contributed by atoms with Crippen molar-refractivity contribution in [3.63, 3.8) is 0 Å². The van der Waals surface area contributed by atoms with Crippen LogP contribution in [0.5, 0.6) is 0 Å². The van der Waals surface area contributed by atoms with E-state index >= 15 is 0 Å². The van der Waals surface area contributed by atoms with Gasteiger partial charge in [-0.15, -0.1) is 0 Å². The van der Waals surface area contributed by atoms with Crippen molar-refractivity contribution in [1.29, 1.82) is 0 Å². The van der Waals surface area contributed by atoms with Gasteiger partial charge in [-0.1, -0.05) is 38.8 Å². The lowest BCUT2D eigenvalue weighted by Gasteiger charge is -2.17. The Morgan fingerprint density at radius 2 is 1.88 bits per heavy atom. The van der Waals surface area contributed by atoms with Crippen LogP contribution in [-0.2, 0) is 0 Å². The van der Waals surface area contributed by atoms with Crippen molar-refractivity contribution in [2.24, 2.45) is 11.7 Å². The fourth-order valence-corrected chi connectivity index (χ4v) is 1.95.